The van der Waals surface area contributed by atoms with Gasteiger partial charge in [-0.15, -0.1) is 0 Å². The number of rotatable bonds is 23. The van der Waals surface area contributed by atoms with Gasteiger partial charge in [0.1, 0.15) is 12.1 Å². The van der Waals surface area contributed by atoms with Crippen molar-refractivity contribution < 1.29 is 43.0 Å². The van der Waals surface area contributed by atoms with Gasteiger partial charge < -0.3 is 34.6 Å². The summed E-state index contributed by atoms with van der Waals surface area (Å²) in [6.45, 7) is 17.3. The first-order valence-electron chi connectivity index (χ1n) is 22.5. The van der Waals surface area contributed by atoms with Crippen LogP contribution < -0.4 is 10.6 Å². The highest BCUT2D eigenvalue weighted by atomic mass is 16.5. The lowest BCUT2D eigenvalue weighted by Gasteiger charge is -2.41. The Kier molecular flexibility index (Phi) is 20.4. The summed E-state index contributed by atoms with van der Waals surface area (Å²) in [6.07, 6.45) is -0.131. The fourth-order valence-electron chi connectivity index (χ4n) is 8.97. The number of methoxy groups -OCH3 is 2. The van der Waals surface area contributed by atoms with Crippen molar-refractivity contribution in [3.05, 3.63) is 71.3 Å². The van der Waals surface area contributed by atoms with Gasteiger partial charge in [0, 0.05) is 33.4 Å². The summed E-state index contributed by atoms with van der Waals surface area (Å²) in [6, 6.07) is 12.6. The fraction of sp³-hybridized carbons (Fsp3) is 0.633. The van der Waals surface area contributed by atoms with E-state index in [0.29, 0.717) is 36.9 Å². The number of ether oxygens (including phenoxy) is 3. The molecular weight excluding hydrogens is 803 g/mol. The van der Waals surface area contributed by atoms with Crippen LogP contribution in [0.1, 0.15) is 120 Å². The van der Waals surface area contributed by atoms with Crippen molar-refractivity contribution in [3.63, 3.8) is 0 Å². The number of likely N-dealkylation sites (N-methyl/N-ethyl adjacent to an activating group) is 2. The van der Waals surface area contributed by atoms with Crippen LogP contribution in [0, 0.1) is 23.7 Å². The van der Waals surface area contributed by atoms with Crippen LogP contribution in [0.15, 0.2) is 54.6 Å². The molecule has 4 amide bonds. The average molecular weight is 878 g/mol. The minimum atomic E-state index is -0.843. The topological polar surface area (TPSA) is 164 Å². The standard InChI is InChI=1S/C49H75N5O9/c1-15-31(6)43(53(12)48(59)41(29(2)3)51-47(58)42(30(4)5)52(10)11)39(61-13)28-40(56)54-27-19-22-38(54)44(62-14)32(7)46(57)50-33(8)45(36-20-17-16-18-21-36)63-49(60)37-25-23-35(24-26-37)34(9)55/h16-18,20-21,23-26,29-33,38-39,41-45H,15,19,22,27-28H2,1-14H3,(H,50,57)(H,51,58)/t31?,32?,33?,38-,39?,41-,42?,43?,44?,45?/m0/s1. The Morgan fingerprint density at radius 3 is 1.90 bits per heavy atom. The van der Waals surface area contributed by atoms with E-state index in [4.69, 9.17) is 14.2 Å². The Morgan fingerprint density at radius 1 is 0.794 bits per heavy atom. The monoisotopic (exact) mass is 878 g/mol. The number of Topliss-reactive ketones (excluding diaryl/α,β-unsaturated/α-hetero) is 1. The van der Waals surface area contributed by atoms with Gasteiger partial charge in [0.2, 0.25) is 23.6 Å². The van der Waals surface area contributed by atoms with Gasteiger partial charge in [-0.25, -0.2) is 4.79 Å². The highest BCUT2D eigenvalue weighted by Crippen LogP contribution is 2.31. The molecule has 1 fully saturated rings. The third-order valence-corrected chi connectivity index (χ3v) is 12.7. The number of benzene rings is 2. The largest absolute Gasteiger partial charge is 0.452 e. The molecule has 14 heteroatoms. The molecule has 0 aromatic heterocycles. The van der Waals surface area contributed by atoms with Crippen LogP contribution in [0.2, 0.25) is 0 Å². The molecular formula is C49H75N5O9. The molecule has 350 valence electrons. The number of hydrogen-bond donors (Lipinski definition) is 2. The lowest BCUT2D eigenvalue weighted by molar-refractivity contribution is -0.148. The summed E-state index contributed by atoms with van der Waals surface area (Å²) in [4.78, 5) is 86.7. The Labute approximate surface area is 376 Å². The lowest BCUT2D eigenvalue weighted by Crippen LogP contribution is -2.59. The molecule has 14 nitrogen and oxygen atoms in total. The molecule has 0 radical (unpaired) electrons. The molecule has 1 heterocycles. The van der Waals surface area contributed by atoms with Crippen LogP contribution in [0.3, 0.4) is 0 Å². The number of nitrogens with zero attached hydrogens (tertiary/aromatic N) is 3. The second-order valence-corrected chi connectivity index (χ2v) is 18.1. The highest BCUT2D eigenvalue weighted by molar-refractivity contribution is 5.96. The normalized spacial score (nSPS) is 18.4. The maximum Gasteiger partial charge on any atom is 0.338 e. The number of ketones is 1. The second-order valence-electron chi connectivity index (χ2n) is 18.1. The van der Waals surface area contributed by atoms with Crippen molar-refractivity contribution in [2.24, 2.45) is 23.7 Å². The van der Waals surface area contributed by atoms with Crippen LogP contribution in [0.4, 0.5) is 0 Å². The summed E-state index contributed by atoms with van der Waals surface area (Å²) in [5, 5.41) is 6.09. The van der Waals surface area contributed by atoms with Crippen LogP contribution in [0.5, 0.6) is 0 Å². The van der Waals surface area contributed by atoms with Gasteiger partial charge in [-0.2, -0.15) is 0 Å². The molecule has 10 atom stereocenters. The van der Waals surface area contributed by atoms with Crippen molar-refractivity contribution >= 4 is 35.4 Å². The van der Waals surface area contributed by atoms with Gasteiger partial charge in [-0.05, 0) is 76.2 Å². The predicted molar refractivity (Wildman–Crippen MR) is 244 cm³/mol. The quantitative estimate of drug-likeness (QED) is 0.101. The number of carbonyl (C=O) groups excluding carboxylic acids is 6. The molecule has 2 N–H and O–H groups in total. The molecule has 0 saturated carbocycles. The van der Waals surface area contributed by atoms with Crippen LogP contribution in [-0.4, -0.2) is 134 Å². The highest BCUT2D eigenvalue weighted by Gasteiger charge is 2.43. The number of esters is 1. The fourth-order valence-corrected chi connectivity index (χ4v) is 8.97. The minimum absolute atomic E-state index is 0.00989. The first kappa shape index (κ1) is 52.7. The maximum atomic E-state index is 14.4. The van der Waals surface area contributed by atoms with E-state index in [9.17, 15) is 28.8 Å². The van der Waals surface area contributed by atoms with Gasteiger partial charge in [-0.1, -0.05) is 97.4 Å². The Bertz CT molecular complexity index is 1810. The number of likely N-dealkylation sites (tertiary alicyclic amines) is 1. The van der Waals surface area contributed by atoms with Crippen LogP contribution in [-0.2, 0) is 33.4 Å². The molecule has 1 aliphatic rings. The van der Waals surface area contributed by atoms with Crippen molar-refractivity contribution in [2.75, 3.05) is 41.9 Å². The molecule has 2 aromatic carbocycles. The van der Waals surface area contributed by atoms with E-state index in [1.807, 2.05) is 90.9 Å². The van der Waals surface area contributed by atoms with Crippen LogP contribution >= 0.6 is 0 Å². The first-order chi connectivity index (χ1) is 29.7. The Morgan fingerprint density at radius 2 is 1.40 bits per heavy atom. The number of hydrogen-bond acceptors (Lipinski definition) is 10. The summed E-state index contributed by atoms with van der Waals surface area (Å²) < 4.78 is 18.1. The summed E-state index contributed by atoms with van der Waals surface area (Å²) in [5.41, 5.74) is 1.43. The van der Waals surface area contributed by atoms with Crippen molar-refractivity contribution in [1.29, 1.82) is 0 Å². The zero-order valence-corrected chi connectivity index (χ0v) is 40.2. The molecule has 1 aliphatic heterocycles. The minimum Gasteiger partial charge on any atom is -0.452 e. The van der Waals surface area contributed by atoms with Crippen molar-refractivity contribution in [2.45, 2.75) is 137 Å². The van der Waals surface area contributed by atoms with Crippen molar-refractivity contribution in [1.82, 2.24) is 25.3 Å². The van der Waals surface area contributed by atoms with Gasteiger partial charge in [0.05, 0.1) is 54.3 Å². The maximum absolute atomic E-state index is 14.4. The van der Waals surface area contributed by atoms with Gasteiger partial charge >= 0.3 is 5.97 Å². The summed E-state index contributed by atoms with van der Waals surface area (Å²) in [7, 11) is 8.51. The smallest absolute Gasteiger partial charge is 0.338 e. The van der Waals surface area contributed by atoms with Crippen molar-refractivity contribution in [3.8, 4) is 0 Å². The third-order valence-electron chi connectivity index (χ3n) is 12.7. The van der Waals surface area contributed by atoms with E-state index in [0.717, 1.165) is 0 Å². The molecule has 63 heavy (non-hydrogen) atoms. The number of carbonyl (C=O) groups is 6. The van der Waals surface area contributed by atoms with E-state index in [1.54, 1.807) is 62.1 Å². The molecule has 8 unspecified atom stereocenters. The van der Waals surface area contributed by atoms with Gasteiger partial charge in [-0.3, -0.25) is 28.9 Å². The second kappa shape index (κ2) is 24.4. The first-order valence-corrected chi connectivity index (χ1v) is 22.5. The zero-order valence-electron chi connectivity index (χ0n) is 40.2. The van der Waals surface area contributed by atoms with Crippen LogP contribution in [0.25, 0.3) is 0 Å². The predicted octanol–water partition coefficient (Wildman–Crippen LogP) is 5.94. The number of amides is 4. The third kappa shape index (κ3) is 13.7. The van der Waals surface area contributed by atoms with E-state index < -0.39 is 60.4 Å². The molecule has 3 rings (SSSR count). The lowest BCUT2D eigenvalue weighted by atomic mass is 9.89. The summed E-state index contributed by atoms with van der Waals surface area (Å²) in [5.74, 6) is -2.62. The molecule has 2 aromatic rings. The van der Waals surface area contributed by atoms with E-state index >= 15 is 0 Å². The van der Waals surface area contributed by atoms with E-state index in [-0.39, 0.29) is 59.1 Å². The van der Waals surface area contributed by atoms with Gasteiger partial charge in [0.25, 0.3) is 0 Å². The van der Waals surface area contributed by atoms with E-state index in [2.05, 4.69) is 10.6 Å². The molecule has 0 bridgehead atoms. The zero-order chi connectivity index (χ0) is 47.3. The molecule has 1 saturated heterocycles. The van der Waals surface area contributed by atoms with E-state index in [1.165, 1.54) is 14.0 Å². The average Bonchev–Trinajstić information content (AvgIpc) is 3.73. The summed E-state index contributed by atoms with van der Waals surface area (Å²) >= 11 is 0. The number of nitrogens with one attached hydrogen (secondary N) is 2. The molecule has 0 spiro atoms. The SMILES string of the molecule is CCC(C)C(C(CC(=O)N1CCC[C@H]1C(OC)C(C)C(=O)NC(C)C(OC(=O)c1ccc(C(C)=O)cc1)c1ccccc1)OC)N(C)C(=O)[C@@H](NC(=O)C(C(C)C)N(C)C)C(C)C. The Balaban J connectivity index is 1.80. The Hall–Kier alpha value is -4.66. The molecule has 0 aliphatic carbocycles. The van der Waals surface area contributed by atoms with Gasteiger partial charge in [0.15, 0.2) is 5.78 Å².